The van der Waals surface area contributed by atoms with Crippen molar-refractivity contribution in [2.45, 2.75) is 17.0 Å². The number of likely N-dealkylation sites (tertiary alicyclic amines) is 1. The first-order chi connectivity index (χ1) is 13.8. The summed E-state index contributed by atoms with van der Waals surface area (Å²) >= 11 is 1.49. The highest BCUT2D eigenvalue weighted by Gasteiger charge is 2.47. The summed E-state index contributed by atoms with van der Waals surface area (Å²) in [7, 11) is 0. The first-order valence-corrected chi connectivity index (χ1v) is 10.4. The van der Waals surface area contributed by atoms with E-state index in [1.165, 1.54) is 23.7 Å². The Morgan fingerprint density at radius 3 is 2.86 bits per heavy atom. The van der Waals surface area contributed by atoms with Crippen LogP contribution >= 0.6 is 24.2 Å². The van der Waals surface area contributed by atoms with E-state index in [4.69, 9.17) is 4.42 Å². The van der Waals surface area contributed by atoms with Crippen LogP contribution in [0.5, 0.6) is 0 Å². The van der Waals surface area contributed by atoms with Crippen molar-refractivity contribution in [2.75, 3.05) is 19.6 Å². The number of benzene rings is 1. The Hall–Kier alpha value is -2.29. The van der Waals surface area contributed by atoms with Gasteiger partial charge in [-0.1, -0.05) is 42.1 Å². The molecule has 0 radical (unpaired) electrons. The maximum Gasteiger partial charge on any atom is 0.290 e. The monoisotopic (exact) mass is 431 g/mol. The van der Waals surface area contributed by atoms with Gasteiger partial charge in [-0.25, -0.2) is 4.98 Å². The number of hydrogen-bond acceptors (Lipinski definition) is 6. The Morgan fingerprint density at radius 1 is 1.21 bits per heavy atom. The van der Waals surface area contributed by atoms with Crippen LogP contribution in [-0.4, -0.2) is 45.6 Å². The average molecular weight is 432 g/mol. The number of H-pyrrole nitrogens is 1. The summed E-state index contributed by atoms with van der Waals surface area (Å²) in [5, 5.41) is 10.8. The number of hydrogen-bond donors (Lipinski definition) is 2. The van der Waals surface area contributed by atoms with Gasteiger partial charge in [0.05, 0.1) is 11.8 Å². The van der Waals surface area contributed by atoms with Crippen LogP contribution in [0.3, 0.4) is 0 Å². The maximum absolute atomic E-state index is 13.3. The Labute approximate surface area is 179 Å². The molecule has 7 nitrogen and oxygen atoms in total. The largest absolute Gasteiger partial charge is 0.455 e. The Balaban J connectivity index is 0.00000205. The quantitative estimate of drug-likeness (QED) is 0.603. The number of fused-ring (bicyclic) bond motifs is 1. The molecule has 0 bridgehead atoms. The number of carbonyl (C=O) groups is 1. The highest BCUT2D eigenvalue weighted by molar-refractivity contribution is 7.98. The molecule has 3 atom stereocenters. The number of thioether (sulfide) groups is 1. The lowest BCUT2D eigenvalue weighted by Gasteiger charge is -2.27. The SMILES string of the molecule is Cl.O=C(c1ccc(CSc2ncn[nH]2)o1)N1C[C@@H]2CNC[C@@H]2[C@@H]1c1ccccc1. The van der Waals surface area contributed by atoms with E-state index in [1.807, 2.05) is 29.2 Å². The van der Waals surface area contributed by atoms with Gasteiger partial charge in [0.15, 0.2) is 10.9 Å². The predicted molar refractivity (Wildman–Crippen MR) is 112 cm³/mol. The normalized spacial score (nSPS) is 23.0. The third kappa shape index (κ3) is 3.92. The van der Waals surface area contributed by atoms with Gasteiger partial charge in [-0.15, -0.1) is 12.4 Å². The first kappa shape index (κ1) is 20.0. The highest BCUT2D eigenvalue weighted by Crippen LogP contribution is 2.43. The number of nitrogens with zero attached hydrogens (tertiary/aromatic N) is 3. The minimum absolute atomic E-state index is 0. The number of halogens is 1. The Kier molecular flexibility index (Phi) is 5.94. The fourth-order valence-corrected chi connectivity index (χ4v) is 5.00. The van der Waals surface area contributed by atoms with Crippen LogP contribution in [0.1, 0.15) is 27.9 Å². The van der Waals surface area contributed by atoms with E-state index in [0.717, 1.165) is 30.6 Å². The zero-order chi connectivity index (χ0) is 18.9. The van der Waals surface area contributed by atoms with Crippen LogP contribution in [0.15, 0.2) is 58.4 Å². The average Bonchev–Trinajstić information content (AvgIpc) is 3.51. The predicted octanol–water partition coefficient (Wildman–Crippen LogP) is 3.14. The molecule has 9 heteroatoms. The second-order valence-corrected chi connectivity index (χ2v) is 8.20. The van der Waals surface area contributed by atoms with Gasteiger partial charge < -0.3 is 14.6 Å². The second-order valence-electron chi connectivity index (χ2n) is 7.24. The molecule has 2 fully saturated rings. The molecule has 3 aromatic rings. The molecule has 29 heavy (non-hydrogen) atoms. The molecular weight excluding hydrogens is 410 g/mol. The highest BCUT2D eigenvalue weighted by atomic mass is 35.5. The molecule has 2 aliphatic rings. The van der Waals surface area contributed by atoms with Crippen molar-refractivity contribution in [3.63, 3.8) is 0 Å². The van der Waals surface area contributed by atoms with Crippen LogP contribution in [0.4, 0.5) is 0 Å². The number of aromatic amines is 1. The van der Waals surface area contributed by atoms with Crippen LogP contribution in [0.2, 0.25) is 0 Å². The molecule has 0 aliphatic carbocycles. The van der Waals surface area contributed by atoms with Crippen LogP contribution in [0.25, 0.3) is 0 Å². The van der Waals surface area contributed by atoms with E-state index in [0.29, 0.717) is 23.3 Å². The molecular formula is C20H22ClN5O2S. The van der Waals surface area contributed by atoms with Gasteiger partial charge in [-0.05, 0) is 23.6 Å². The molecule has 1 aromatic carbocycles. The number of aromatic nitrogens is 3. The molecule has 5 rings (SSSR count). The van der Waals surface area contributed by atoms with E-state index in [1.54, 1.807) is 6.07 Å². The van der Waals surface area contributed by atoms with E-state index in [9.17, 15) is 4.79 Å². The lowest BCUT2D eigenvalue weighted by Crippen LogP contribution is -2.34. The number of furan rings is 1. The van der Waals surface area contributed by atoms with Gasteiger partial charge in [0.2, 0.25) is 0 Å². The number of carbonyl (C=O) groups excluding carboxylic acids is 1. The number of rotatable bonds is 5. The summed E-state index contributed by atoms with van der Waals surface area (Å²) in [6.07, 6.45) is 1.47. The van der Waals surface area contributed by atoms with Crippen molar-refractivity contribution in [1.82, 2.24) is 25.4 Å². The van der Waals surface area contributed by atoms with Crippen LogP contribution in [-0.2, 0) is 5.75 Å². The molecule has 0 unspecified atom stereocenters. The van der Waals surface area contributed by atoms with Crippen molar-refractivity contribution in [3.8, 4) is 0 Å². The van der Waals surface area contributed by atoms with Gasteiger partial charge >= 0.3 is 0 Å². The van der Waals surface area contributed by atoms with Crippen LogP contribution < -0.4 is 5.32 Å². The lowest BCUT2D eigenvalue weighted by atomic mass is 9.89. The zero-order valence-electron chi connectivity index (χ0n) is 15.7. The summed E-state index contributed by atoms with van der Waals surface area (Å²) in [6.45, 7) is 2.68. The molecule has 2 saturated heterocycles. The van der Waals surface area contributed by atoms with Gasteiger partial charge in [-0.3, -0.25) is 9.89 Å². The standard InChI is InChI=1S/C20H21N5O2S.ClH/c26-19(17-7-6-15(27-17)11-28-20-22-12-23-24-20)25-10-14-8-21-9-16(14)18(25)13-4-2-1-3-5-13;/h1-7,12,14,16,18,21H,8-11H2,(H,22,23,24);1H/t14-,16-,18-;/m0./s1. The third-order valence-corrected chi connectivity index (χ3v) is 6.48. The number of nitrogens with one attached hydrogen (secondary N) is 2. The van der Waals surface area contributed by atoms with E-state index in [-0.39, 0.29) is 24.4 Å². The molecule has 2 N–H and O–H groups in total. The van der Waals surface area contributed by atoms with Crippen molar-refractivity contribution in [1.29, 1.82) is 0 Å². The van der Waals surface area contributed by atoms with Crippen molar-refractivity contribution >= 4 is 30.1 Å². The molecule has 1 amide bonds. The van der Waals surface area contributed by atoms with Crippen molar-refractivity contribution < 1.29 is 9.21 Å². The smallest absolute Gasteiger partial charge is 0.290 e. The number of amides is 1. The summed E-state index contributed by atoms with van der Waals surface area (Å²) in [5.74, 6) is 2.66. The molecule has 4 heterocycles. The zero-order valence-corrected chi connectivity index (χ0v) is 17.3. The Morgan fingerprint density at radius 2 is 2.07 bits per heavy atom. The fourth-order valence-electron chi connectivity index (χ4n) is 4.32. The minimum Gasteiger partial charge on any atom is -0.455 e. The Bertz CT molecular complexity index is 949. The molecule has 2 aromatic heterocycles. The van der Waals surface area contributed by atoms with Gasteiger partial charge in [0.25, 0.3) is 5.91 Å². The molecule has 0 saturated carbocycles. The van der Waals surface area contributed by atoms with E-state index in [2.05, 4.69) is 32.6 Å². The fraction of sp³-hybridized carbons (Fsp3) is 0.350. The summed E-state index contributed by atoms with van der Waals surface area (Å²) < 4.78 is 5.87. The summed E-state index contributed by atoms with van der Waals surface area (Å²) in [5.41, 5.74) is 1.19. The van der Waals surface area contributed by atoms with Crippen molar-refractivity contribution in [3.05, 3.63) is 65.9 Å². The molecule has 152 valence electrons. The third-order valence-electron chi connectivity index (χ3n) is 5.58. The summed E-state index contributed by atoms with van der Waals surface area (Å²) in [4.78, 5) is 19.4. The molecule has 0 spiro atoms. The second kappa shape index (κ2) is 8.61. The lowest BCUT2D eigenvalue weighted by molar-refractivity contribution is 0.0680. The van der Waals surface area contributed by atoms with Gasteiger partial charge in [0, 0.05) is 25.6 Å². The van der Waals surface area contributed by atoms with E-state index < -0.39 is 0 Å². The first-order valence-electron chi connectivity index (χ1n) is 9.43. The minimum atomic E-state index is -0.0285. The van der Waals surface area contributed by atoms with E-state index >= 15 is 0 Å². The van der Waals surface area contributed by atoms with Gasteiger partial charge in [0.1, 0.15) is 12.1 Å². The van der Waals surface area contributed by atoms with Crippen LogP contribution in [0, 0.1) is 11.8 Å². The molecule has 2 aliphatic heterocycles. The van der Waals surface area contributed by atoms with Gasteiger partial charge in [-0.2, -0.15) is 5.10 Å². The topological polar surface area (TPSA) is 87.0 Å². The maximum atomic E-state index is 13.3. The van der Waals surface area contributed by atoms with Crippen molar-refractivity contribution in [2.24, 2.45) is 11.8 Å². The summed E-state index contributed by atoms with van der Waals surface area (Å²) in [6, 6.07) is 14.1.